The zero-order valence-electron chi connectivity index (χ0n) is 20.3. The number of rotatable bonds is 7. The highest BCUT2D eigenvalue weighted by molar-refractivity contribution is 6.74. The second-order valence-corrected chi connectivity index (χ2v) is 15.4. The number of aromatic nitrogens is 2. The van der Waals surface area contributed by atoms with Crippen LogP contribution in [0.15, 0.2) is 47.4 Å². The summed E-state index contributed by atoms with van der Waals surface area (Å²) < 4.78 is 15.9. The van der Waals surface area contributed by atoms with E-state index in [1.165, 1.54) is 6.07 Å². The monoisotopic (exact) mass is 506 g/mol. The summed E-state index contributed by atoms with van der Waals surface area (Å²) in [5.41, 5.74) is 2.91. The van der Waals surface area contributed by atoms with Crippen molar-refractivity contribution in [2.24, 2.45) is 0 Å². The number of benzene rings is 1. The Balaban J connectivity index is 1.80. The molecule has 0 fully saturated rings. The predicted octanol–water partition coefficient (Wildman–Crippen LogP) is 7.38. The quantitative estimate of drug-likeness (QED) is 0.314. The van der Waals surface area contributed by atoms with Crippen LogP contribution in [0.1, 0.15) is 32.2 Å². The molecule has 0 unspecified atom stereocenters. The molecular weight excluding hydrogens is 475 g/mol. The summed E-state index contributed by atoms with van der Waals surface area (Å²) in [7, 11) is -1.89. The van der Waals surface area contributed by atoms with Crippen molar-refractivity contribution in [3.63, 3.8) is 0 Å². The van der Waals surface area contributed by atoms with Crippen molar-refractivity contribution in [2.75, 3.05) is 6.61 Å². The number of ether oxygens (including phenoxy) is 1. The average Bonchev–Trinajstić information content (AvgIpc) is 3.04. The first-order valence-electron chi connectivity index (χ1n) is 11.0. The fourth-order valence-corrected chi connectivity index (χ4v) is 4.91. The third-order valence-corrected chi connectivity index (χ3v) is 11.4. The molecule has 8 heteroatoms. The maximum atomic E-state index is 12.4. The van der Waals surface area contributed by atoms with Crippen LogP contribution in [-0.4, -0.2) is 24.1 Å². The Morgan fingerprint density at radius 2 is 1.55 bits per heavy atom. The van der Waals surface area contributed by atoms with Gasteiger partial charge in [-0.3, -0.25) is 4.79 Å². The van der Waals surface area contributed by atoms with E-state index in [4.69, 9.17) is 32.4 Å². The van der Waals surface area contributed by atoms with Gasteiger partial charge in [0.05, 0.1) is 16.7 Å². The minimum atomic E-state index is -1.89. The van der Waals surface area contributed by atoms with Gasteiger partial charge < -0.3 is 18.3 Å². The van der Waals surface area contributed by atoms with Crippen LogP contribution in [0.25, 0.3) is 5.69 Å². The number of hydrogen-bond acceptors (Lipinski definition) is 3. The van der Waals surface area contributed by atoms with Crippen LogP contribution in [0.4, 0.5) is 0 Å². The van der Waals surface area contributed by atoms with Crippen LogP contribution in [0.3, 0.4) is 0 Å². The molecule has 0 aliphatic heterocycles. The van der Waals surface area contributed by atoms with Gasteiger partial charge in [-0.05, 0) is 62.3 Å². The molecule has 0 saturated heterocycles. The molecule has 3 rings (SSSR count). The van der Waals surface area contributed by atoms with E-state index in [1.54, 1.807) is 16.8 Å². The summed E-state index contributed by atoms with van der Waals surface area (Å²) in [5, 5.41) is 0.897. The first kappa shape index (κ1) is 25.6. The Hall–Kier alpha value is -1.99. The molecule has 0 atom stereocenters. The van der Waals surface area contributed by atoms with Gasteiger partial charge in [0, 0.05) is 35.9 Å². The first-order chi connectivity index (χ1) is 15.3. The molecule has 1 aromatic carbocycles. The Morgan fingerprint density at radius 3 is 2.09 bits per heavy atom. The van der Waals surface area contributed by atoms with E-state index in [0.29, 0.717) is 34.7 Å². The molecule has 0 saturated carbocycles. The van der Waals surface area contributed by atoms with Crippen molar-refractivity contribution in [3.05, 3.63) is 74.4 Å². The van der Waals surface area contributed by atoms with Gasteiger partial charge in [-0.1, -0.05) is 44.0 Å². The molecule has 33 heavy (non-hydrogen) atoms. The molecule has 0 aliphatic carbocycles. The minimum absolute atomic E-state index is 0.111. The number of halogens is 2. The van der Waals surface area contributed by atoms with Crippen molar-refractivity contribution in [2.45, 2.75) is 59.3 Å². The van der Waals surface area contributed by atoms with Crippen molar-refractivity contribution in [1.29, 1.82) is 0 Å². The highest BCUT2D eigenvalue weighted by Crippen LogP contribution is 2.39. The Morgan fingerprint density at radius 1 is 0.970 bits per heavy atom. The molecule has 178 valence electrons. The maximum Gasteiger partial charge on any atom is 0.250 e. The van der Waals surface area contributed by atoms with E-state index in [2.05, 4.69) is 38.4 Å². The molecule has 5 nitrogen and oxygen atoms in total. The highest BCUT2D eigenvalue weighted by atomic mass is 35.5. The van der Waals surface area contributed by atoms with Crippen molar-refractivity contribution in [1.82, 2.24) is 9.13 Å². The largest absolute Gasteiger partial charge is 0.453 e. The summed E-state index contributed by atoms with van der Waals surface area (Å²) >= 11 is 13.1. The summed E-state index contributed by atoms with van der Waals surface area (Å²) in [5.74, 6) is 0.832. The fraction of sp³-hybridized carbons (Fsp3) is 0.400. The Kier molecular flexibility index (Phi) is 7.54. The lowest BCUT2D eigenvalue weighted by atomic mass is 10.2. The summed E-state index contributed by atoms with van der Waals surface area (Å²) in [4.78, 5) is 12.4. The van der Waals surface area contributed by atoms with Gasteiger partial charge in [-0.2, -0.15) is 0 Å². The molecule has 2 aromatic heterocycles. The normalized spacial score (nSPS) is 12.3. The van der Waals surface area contributed by atoms with Gasteiger partial charge in [0.2, 0.25) is 0 Å². The van der Waals surface area contributed by atoms with Crippen molar-refractivity contribution in [3.8, 4) is 17.2 Å². The van der Waals surface area contributed by atoms with Gasteiger partial charge in [-0.25, -0.2) is 0 Å². The third kappa shape index (κ3) is 5.75. The number of nitrogens with zero attached hydrogens (tertiary/aromatic N) is 2. The lowest BCUT2D eigenvalue weighted by Crippen LogP contribution is -2.41. The van der Waals surface area contributed by atoms with Gasteiger partial charge >= 0.3 is 0 Å². The van der Waals surface area contributed by atoms with Crippen LogP contribution in [0.2, 0.25) is 28.2 Å². The molecule has 0 N–H and O–H groups in total. The lowest BCUT2D eigenvalue weighted by molar-refractivity contribution is 0.269. The fourth-order valence-electron chi connectivity index (χ4n) is 3.33. The standard InChI is InChI=1S/C25H32Cl2N2O3Si/c1-17-8-9-18(2)29(17)19-14-21(26)24(22(27)15-19)32-20-10-11-23(30)28(16-20)12-13-31-33(6,7)25(3,4)5/h8-11,14-16H,12-13H2,1-7H3. The second-order valence-electron chi connectivity index (χ2n) is 9.80. The van der Waals surface area contributed by atoms with E-state index < -0.39 is 8.32 Å². The smallest absolute Gasteiger partial charge is 0.250 e. The number of hydrogen-bond donors (Lipinski definition) is 0. The van der Waals surface area contributed by atoms with Crippen molar-refractivity contribution >= 4 is 31.5 Å². The molecule has 2 heterocycles. The van der Waals surface area contributed by atoms with Gasteiger partial charge in [0.1, 0.15) is 5.75 Å². The second kappa shape index (κ2) is 9.70. The van der Waals surface area contributed by atoms with Gasteiger partial charge in [0.15, 0.2) is 14.1 Å². The number of aryl methyl sites for hydroxylation is 2. The molecule has 0 radical (unpaired) electrons. The van der Waals surface area contributed by atoms with E-state index >= 15 is 0 Å². The molecule has 0 spiro atoms. The van der Waals surface area contributed by atoms with Crippen LogP contribution in [0, 0.1) is 13.8 Å². The molecule has 3 aromatic rings. The van der Waals surface area contributed by atoms with Crippen LogP contribution >= 0.6 is 23.2 Å². The summed E-state index contributed by atoms with van der Waals surface area (Å²) in [6.45, 7) is 15.9. The van der Waals surface area contributed by atoms with Crippen molar-refractivity contribution < 1.29 is 9.16 Å². The Labute approximate surface area is 207 Å². The molecule has 0 aliphatic rings. The first-order valence-corrected chi connectivity index (χ1v) is 14.6. The average molecular weight is 508 g/mol. The van der Waals surface area contributed by atoms with E-state index in [-0.39, 0.29) is 10.6 Å². The van der Waals surface area contributed by atoms with Crippen LogP contribution in [0.5, 0.6) is 11.5 Å². The van der Waals surface area contributed by atoms with Crippen LogP contribution < -0.4 is 10.3 Å². The number of pyridine rings is 1. The highest BCUT2D eigenvalue weighted by Gasteiger charge is 2.36. The molecule has 0 amide bonds. The minimum Gasteiger partial charge on any atom is -0.453 e. The van der Waals surface area contributed by atoms with Crippen LogP contribution in [-0.2, 0) is 11.0 Å². The van der Waals surface area contributed by atoms with E-state index in [1.807, 2.05) is 38.1 Å². The lowest BCUT2D eigenvalue weighted by Gasteiger charge is -2.36. The molecule has 0 bridgehead atoms. The van der Waals surface area contributed by atoms with Gasteiger partial charge in [-0.15, -0.1) is 0 Å². The maximum absolute atomic E-state index is 12.4. The summed E-state index contributed by atoms with van der Waals surface area (Å²) in [6, 6.07) is 10.8. The van der Waals surface area contributed by atoms with E-state index in [9.17, 15) is 4.79 Å². The third-order valence-electron chi connectivity index (χ3n) is 6.29. The predicted molar refractivity (Wildman–Crippen MR) is 139 cm³/mol. The zero-order valence-corrected chi connectivity index (χ0v) is 22.8. The summed E-state index contributed by atoms with van der Waals surface area (Å²) in [6.07, 6.45) is 1.66. The Bertz CT molecular complexity index is 1170. The van der Waals surface area contributed by atoms with E-state index in [0.717, 1.165) is 17.1 Å². The topological polar surface area (TPSA) is 45.4 Å². The zero-order chi connectivity index (χ0) is 24.6. The molecular formula is C25H32Cl2N2O3Si. The van der Waals surface area contributed by atoms with Gasteiger partial charge in [0.25, 0.3) is 5.56 Å². The SMILES string of the molecule is Cc1ccc(C)n1-c1cc(Cl)c(Oc2ccc(=O)n(CCO[Si](C)(C)C(C)(C)C)c2)c(Cl)c1.